The Hall–Kier alpha value is -2.02. The Morgan fingerprint density at radius 3 is 2.75 bits per heavy atom. The van der Waals surface area contributed by atoms with Gasteiger partial charge in [0.25, 0.3) is 10.0 Å². The van der Waals surface area contributed by atoms with E-state index in [0.29, 0.717) is 24.3 Å². The number of nitrogens with two attached hydrogens (primary N) is 1. The van der Waals surface area contributed by atoms with Gasteiger partial charge >= 0.3 is 0 Å². The first-order valence-electron chi connectivity index (χ1n) is 6.31. The molecule has 0 saturated heterocycles. The van der Waals surface area contributed by atoms with Crippen LogP contribution in [0.1, 0.15) is 11.1 Å². The Morgan fingerprint density at radius 2 is 2.10 bits per heavy atom. The topological polar surface area (TPSA) is 81.2 Å². The predicted octanol–water partition coefficient (Wildman–Crippen LogP) is 1.06. The summed E-state index contributed by atoms with van der Waals surface area (Å²) < 4.78 is 28.2. The third-order valence-corrected chi connectivity index (χ3v) is 5.54. The molecule has 3 rings (SSSR count). The lowest BCUT2D eigenvalue weighted by Crippen LogP contribution is -2.30. The highest BCUT2D eigenvalue weighted by Crippen LogP contribution is 2.35. The van der Waals surface area contributed by atoms with Gasteiger partial charge in [-0.05, 0) is 36.6 Å². The Labute approximate surface area is 117 Å². The van der Waals surface area contributed by atoms with Crippen molar-refractivity contribution in [2.24, 2.45) is 7.05 Å². The van der Waals surface area contributed by atoms with E-state index in [4.69, 9.17) is 5.73 Å². The summed E-state index contributed by atoms with van der Waals surface area (Å²) in [5.74, 6) is 0. The molecule has 2 aromatic rings. The Bertz CT molecular complexity index is 780. The molecule has 0 saturated carbocycles. The zero-order valence-electron chi connectivity index (χ0n) is 11.4. The monoisotopic (exact) mass is 292 g/mol. The number of nitrogens with zero attached hydrogens (tertiary/aromatic N) is 3. The molecule has 1 aliphatic heterocycles. The average molecular weight is 292 g/mol. The average Bonchev–Trinajstić information content (AvgIpc) is 2.96. The van der Waals surface area contributed by atoms with E-state index in [9.17, 15) is 8.42 Å². The van der Waals surface area contributed by atoms with Crippen LogP contribution in [0.4, 0.5) is 11.4 Å². The summed E-state index contributed by atoms with van der Waals surface area (Å²) in [7, 11) is -1.97. The fourth-order valence-corrected chi connectivity index (χ4v) is 4.12. The van der Waals surface area contributed by atoms with Crippen molar-refractivity contribution in [3.63, 3.8) is 0 Å². The zero-order valence-corrected chi connectivity index (χ0v) is 12.2. The van der Waals surface area contributed by atoms with Gasteiger partial charge in [-0.25, -0.2) is 0 Å². The van der Waals surface area contributed by atoms with Gasteiger partial charge in [0.1, 0.15) is 0 Å². The molecule has 0 aliphatic carbocycles. The number of nitrogen functional groups attached to an aromatic ring is 1. The van der Waals surface area contributed by atoms with Gasteiger partial charge in [-0.15, -0.1) is 0 Å². The van der Waals surface area contributed by atoms with Crippen molar-refractivity contribution in [1.29, 1.82) is 0 Å². The van der Waals surface area contributed by atoms with E-state index in [1.807, 2.05) is 13.0 Å². The summed E-state index contributed by atoms with van der Waals surface area (Å²) in [5.41, 5.74) is 9.18. The van der Waals surface area contributed by atoms with E-state index in [2.05, 4.69) is 5.10 Å². The Balaban J connectivity index is 2.12. The highest BCUT2D eigenvalue weighted by Gasteiger charge is 2.33. The molecule has 2 heterocycles. The molecule has 0 amide bonds. The molecular weight excluding hydrogens is 276 g/mol. The first-order chi connectivity index (χ1) is 9.41. The van der Waals surface area contributed by atoms with Crippen LogP contribution < -0.4 is 10.0 Å². The lowest BCUT2D eigenvalue weighted by Gasteiger charge is -2.20. The number of rotatable bonds is 2. The zero-order chi connectivity index (χ0) is 14.5. The molecule has 0 bridgehead atoms. The number of fused-ring (bicyclic) bond motifs is 1. The molecule has 20 heavy (non-hydrogen) atoms. The minimum absolute atomic E-state index is 0.185. The lowest BCUT2D eigenvalue weighted by atomic mass is 10.1. The maximum absolute atomic E-state index is 12.7. The molecule has 0 fully saturated rings. The minimum atomic E-state index is -3.59. The van der Waals surface area contributed by atoms with Gasteiger partial charge in [-0.1, -0.05) is 6.07 Å². The third-order valence-electron chi connectivity index (χ3n) is 3.65. The summed E-state index contributed by atoms with van der Waals surface area (Å²) in [6.07, 6.45) is 2.18. The first kappa shape index (κ1) is 13.0. The highest BCUT2D eigenvalue weighted by molar-refractivity contribution is 7.92. The molecule has 106 valence electrons. The fraction of sp³-hybridized carbons (Fsp3) is 0.308. The van der Waals surface area contributed by atoms with Gasteiger partial charge in [-0.2, -0.15) is 13.5 Å². The SMILES string of the molecule is Cc1cc2c(cc1N)N(S(=O)(=O)c1ccnn1C)CC2. The largest absolute Gasteiger partial charge is 0.398 e. The van der Waals surface area contributed by atoms with Crippen LogP contribution in [-0.2, 0) is 23.5 Å². The van der Waals surface area contributed by atoms with Crippen molar-refractivity contribution in [3.8, 4) is 0 Å². The molecule has 0 atom stereocenters. The number of aromatic nitrogens is 2. The molecular formula is C13H16N4O2S. The van der Waals surface area contributed by atoms with E-state index in [1.54, 1.807) is 13.1 Å². The van der Waals surface area contributed by atoms with E-state index < -0.39 is 10.0 Å². The number of anilines is 2. The second-order valence-corrected chi connectivity index (χ2v) is 6.77. The van der Waals surface area contributed by atoms with Gasteiger partial charge in [0.05, 0.1) is 11.9 Å². The summed E-state index contributed by atoms with van der Waals surface area (Å²) in [6, 6.07) is 5.21. The van der Waals surface area contributed by atoms with Crippen molar-refractivity contribution in [2.45, 2.75) is 18.4 Å². The summed E-state index contributed by atoms with van der Waals surface area (Å²) in [5, 5.41) is 4.11. The highest BCUT2D eigenvalue weighted by atomic mass is 32.2. The third kappa shape index (κ3) is 1.77. The van der Waals surface area contributed by atoms with Crippen LogP contribution in [0.15, 0.2) is 29.4 Å². The van der Waals surface area contributed by atoms with Crippen LogP contribution in [0, 0.1) is 6.92 Å². The number of hydrogen-bond donors (Lipinski definition) is 1. The van der Waals surface area contributed by atoms with E-state index in [0.717, 1.165) is 11.1 Å². The van der Waals surface area contributed by atoms with E-state index in [1.165, 1.54) is 21.3 Å². The molecule has 0 spiro atoms. The normalized spacial score (nSPS) is 14.6. The van der Waals surface area contributed by atoms with Gasteiger partial charge in [0.2, 0.25) is 0 Å². The molecule has 1 aliphatic rings. The molecule has 1 aromatic carbocycles. The summed E-state index contributed by atoms with van der Waals surface area (Å²) in [6.45, 7) is 2.36. The Morgan fingerprint density at radius 1 is 1.35 bits per heavy atom. The molecule has 1 aromatic heterocycles. The van der Waals surface area contributed by atoms with Gasteiger partial charge in [0, 0.05) is 19.3 Å². The van der Waals surface area contributed by atoms with Crippen LogP contribution in [0.2, 0.25) is 0 Å². The van der Waals surface area contributed by atoms with E-state index in [-0.39, 0.29) is 5.03 Å². The van der Waals surface area contributed by atoms with Crippen molar-refractivity contribution < 1.29 is 8.42 Å². The van der Waals surface area contributed by atoms with Crippen molar-refractivity contribution in [2.75, 3.05) is 16.6 Å². The molecule has 0 radical (unpaired) electrons. The van der Waals surface area contributed by atoms with Crippen LogP contribution in [-0.4, -0.2) is 24.7 Å². The molecule has 0 unspecified atom stereocenters. The van der Waals surface area contributed by atoms with Crippen LogP contribution in [0.5, 0.6) is 0 Å². The van der Waals surface area contributed by atoms with Crippen molar-refractivity contribution in [1.82, 2.24) is 9.78 Å². The molecule has 6 nitrogen and oxygen atoms in total. The van der Waals surface area contributed by atoms with Crippen molar-refractivity contribution >= 4 is 21.4 Å². The number of benzene rings is 1. The maximum atomic E-state index is 12.7. The van der Waals surface area contributed by atoms with Crippen molar-refractivity contribution in [3.05, 3.63) is 35.5 Å². The summed E-state index contributed by atoms with van der Waals surface area (Å²) in [4.78, 5) is 0. The molecule has 2 N–H and O–H groups in total. The van der Waals surface area contributed by atoms with Crippen LogP contribution in [0.25, 0.3) is 0 Å². The van der Waals surface area contributed by atoms with Crippen LogP contribution >= 0.6 is 0 Å². The van der Waals surface area contributed by atoms with Gasteiger partial charge in [-0.3, -0.25) is 8.99 Å². The quantitative estimate of drug-likeness (QED) is 0.839. The van der Waals surface area contributed by atoms with E-state index >= 15 is 0 Å². The second kappa shape index (κ2) is 4.24. The maximum Gasteiger partial charge on any atom is 0.281 e. The fourth-order valence-electron chi connectivity index (χ4n) is 2.52. The number of aryl methyl sites for hydroxylation is 2. The van der Waals surface area contributed by atoms with Gasteiger partial charge < -0.3 is 5.73 Å². The Kier molecular flexibility index (Phi) is 2.75. The summed E-state index contributed by atoms with van der Waals surface area (Å²) >= 11 is 0. The second-order valence-electron chi connectivity index (χ2n) is 4.96. The van der Waals surface area contributed by atoms with Gasteiger partial charge in [0.15, 0.2) is 5.03 Å². The van der Waals surface area contributed by atoms with Crippen LogP contribution in [0.3, 0.4) is 0 Å². The number of hydrogen-bond acceptors (Lipinski definition) is 4. The standard InChI is InChI=1S/C13H16N4O2S/c1-9-7-10-4-6-17(12(10)8-11(9)14)20(18,19)13-3-5-15-16(13)2/h3,5,7-8H,4,6,14H2,1-2H3. The number of sulfonamides is 1. The molecule has 7 heteroatoms. The lowest BCUT2D eigenvalue weighted by molar-refractivity contribution is 0.573. The minimum Gasteiger partial charge on any atom is -0.398 e. The first-order valence-corrected chi connectivity index (χ1v) is 7.75. The predicted molar refractivity (Wildman–Crippen MR) is 77.0 cm³/mol. The smallest absolute Gasteiger partial charge is 0.281 e.